The van der Waals surface area contributed by atoms with Crippen molar-refractivity contribution in [3.05, 3.63) is 71.8 Å². The first-order valence-corrected chi connectivity index (χ1v) is 12.2. The van der Waals surface area contributed by atoms with Gasteiger partial charge in [-0.2, -0.15) is 0 Å². The quantitative estimate of drug-likeness (QED) is 0.152. The van der Waals surface area contributed by atoms with Crippen molar-refractivity contribution in [2.24, 2.45) is 0 Å². The fourth-order valence-corrected chi connectivity index (χ4v) is 3.49. The second kappa shape index (κ2) is 13.4. The minimum Gasteiger partial charge on any atom is -0.493 e. The van der Waals surface area contributed by atoms with Gasteiger partial charge in [0.05, 0.1) is 12.2 Å². The maximum Gasteiger partial charge on any atom is 0.346 e. The van der Waals surface area contributed by atoms with E-state index in [9.17, 15) is 9.18 Å². The molecule has 0 spiro atoms. The average Bonchev–Trinajstić information content (AvgIpc) is 2.85. The first-order valence-electron chi connectivity index (χ1n) is 12.2. The first kappa shape index (κ1) is 25.3. The van der Waals surface area contributed by atoms with E-state index in [0.717, 1.165) is 36.8 Å². The lowest BCUT2D eigenvalue weighted by atomic mass is 10.1. The van der Waals surface area contributed by atoms with Crippen LogP contribution in [0.15, 0.2) is 54.9 Å². The third-order valence-corrected chi connectivity index (χ3v) is 5.52. The summed E-state index contributed by atoms with van der Waals surface area (Å²) in [4.78, 5) is 21.4. The number of esters is 1. The number of carbonyl (C=O) groups excluding carboxylic acids is 1. The van der Waals surface area contributed by atoms with Gasteiger partial charge in [0.15, 0.2) is 5.82 Å². The Hall–Kier alpha value is -3.28. The molecule has 0 N–H and O–H groups in total. The van der Waals surface area contributed by atoms with Crippen LogP contribution in [0.3, 0.4) is 0 Å². The number of carbonyl (C=O) groups is 1. The Morgan fingerprint density at radius 1 is 0.853 bits per heavy atom. The van der Waals surface area contributed by atoms with Crippen molar-refractivity contribution in [2.45, 2.75) is 65.2 Å². The van der Waals surface area contributed by atoms with Crippen LogP contribution < -0.4 is 9.47 Å². The van der Waals surface area contributed by atoms with Crippen LogP contribution in [0.2, 0.25) is 0 Å². The number of halogens is 1. The summed E-state index contributed by atoms with van der Waals surface area (Å²) in [6.45, 7) is 4.78. The zero-order valence-corrected chi connectivity index (χ0v) is 20.1. The van der Waals surface area contributed by atoms with Crippen LogP contribution in [0.1, 0.15) is 74.7 Å². The standard InChI is InChI=1S/C28H33FN2O3/c1-3-5-7-8-9-10-21-19-30-27(31-20-21)22-11-13-23(14-12-22)34-28(32)25-16-15-24(18-26(25)29)33-17-6-4-2/h11-16,18-20H,3-10,17H2,1-2H3. The molecule has 3 rings (SSSR count). The molecule has 5 nitrogen and oxygen atoms in total. The minimum absolute atomic E-state index is 0.138. The summed E-state index contributed by atoms with van der Waals surface area (Å²) < 4.78 is 25.2. The molecule has 0 saturated heterocycles. The molecule has 0 radical (unpaired) electrons. The number of aryl methyl sites for hydroxylation is 1. The number of rotatable bonds is 13. The number of ether oxygens (including phenoxy) is 2. The summed E-state index contributed by atoms with van der Waals surface area (Å²) in [5, 5.41) is 0. The zero-order chi connectivity index (χ0) is 24.2. The molecule has 180 valence electrons. The van der Waals surface area contributed by atoms with Gasteiger partial charge in [-0.15, -0.1) is 0 Å². The summed E-state index contributed by atoms with van der Waals surface area (Å²) in [6, 6.07) is 11.0. The van der Waals surface area contributed by atoms with E-state index in [1.54, 1.807) is 30.3 Å². The maximum absolute atomic E-state index is 14.4. The number of unbranched alkanes of at least 4 members (excludes halogenated alkanes) is 5. The molecule has 0 fully saturated rings. The van der Waals surface area contributed by atoms with E-state index < -0.39 is 11.8 Å². The van der Waals surface area contributed by atoms with Crippen molar-refractivity contribution >= 4 is 5.97 Å². The predicted octanol–water partition coefficient (Wildman–Crippen LogP) is 7.19. The van der Waals surface area contributed by atoms with E-state index in [1.807, 2.05) is 12.4 Å². The van der Waals surface area contributed by atoms with E-state index in [4.69, 9.17) is 9.47 Å². The molecular weight excluding hydrogens is 431 g/mol. The predicted molar refractivity (Wildman–Crippen MR) is 132 cm³/mol. The molecule has 0 bridgehead atoms. The van der Waals surface area contributed by atoms with Gasteiger partial charge in [0.1, 0.15) is 17.3 Å². The summed E-state index contributed by atoms with van der Waals surface area (Å²) in [7, 11) is 0. The molecule has 0 saturated carbocycles. The van der Waals surface area contributed by atoms with Gasteiger partial charge in [-0.05, 0) is 61.2 Å². The SMILES string of the molecule is CCCCCCCc1cnc(-c2ccc(OC(=O)c3ccc(OCCCC)cc3F)cc2)nc1. The van der Waals surface area contributed by atoms with Gasteiger partial charge in [-0.1, -0.05) is 46.0 Å². The molecule has 0 atom stereocenters. The van der Waals surface area contributed by atoms with Gasteiger partial charge in [-0.3, -0.25) is 0 Å². The van der Waals surface area contributed by atoms with Gasteiger partial charge in [0.25, 0.3) is 0 Å². The highest BCUT2D eigenvalue weighted by Gasteiger charge is 2.15. The van der Waals surface area contributed by atoms with Crippen LogP contribution >= 0.6 is 0 Å². The topological polar surface area (TPSA) is 61.3 Å². The second-order valence-corrected chi connectivity index (χ2v) is 8.34. The fourth-order valence-electron chi connectivity index (χ4n) is 3.49. The Morgan fingerprint density at radius 3 is 2.21 bits per heavy atom. The molecule has 2 aromatic carbocycles. The molecule has 0 aliphatic heterocycles. The molecule has 1 heterocycles. The molecule has 0 aliphatic carbocycles. The molecule has 0 amide bonds. The van der Waals surface area contributed by atoms with E-state index in [2.05, 4.69) is 23.8 Å². The Bertz CT molecular complexity index is 1040. The first-order chi connectivity index (χ1) is 16.6. The maximum atomic E-state index is 14.4. The zero-order valence-electron chi connectivity index (χ0n) is 20.1. The van der Waals surface area contributed by atoms with Crippen LogP contribution in [0.5, 0.6) is 11.5 Å². The van der Waals surface area contributed by atoms with E-state index in [0.29, 0.717) is 23.9 Å². The summed E-state index contributed by atoms with van der Waals surface area (Å²) in [5.74, 6) is -0.105. The average molecular weight is 465 g/mol. The van der Waals surface area contributed by atoms with Gasteiger partial charge in [0.2, 0.25) is 0 Å². The van der Waals surface area contributed by atoms with Crippen LogP contribution in [0, 0.1) is 5.82 Å². The number of aromatic nitrogens is 2. The molecule has 34 heavy (non-hydrogen) atoms. The number of hydrogen-bond acceptors (Lipinski definition) is 5. The van der Waals surface area contributed by atoms with Crippen LogP contribution in [0.4, 0.5) is 4.39 Å². The number of benzene rings is 2. The number of nitrogens with zero attached hydrogens (tertiary/aromatic N) is 2. The third-order valence-electron chi connectivity index (χ3n) is 5.52. The van der Waals surface area contributed by atoms with Crippen molar-refractivity contribution in [1.82, 2.24) is 9.97 Å². The molecular formula is C28H33FN2O3. The summed E-state index contributed by atoms with van der Waals surface area (Å²) >= 11 is 0. The summed E-state index contributed by atoms with van der Waals surface area (Å²) in [6.07, 6.45) is 12.8. The van der Waals surface area contributed by atoms with Crippen molar-refractivity contribution < 1.29 is 18.7 Å². The van der Waals surface area contributed by atoms with Gasteiger partial charge >= 0.3 is 5.97 Å². The highest BCUT2D eigenvalue weighted by molar-refractivity contribution is 5.91. The third kappa shape index (κ3) is 7.65. The van der Waals surface area contributed by atoms with Crippen molar-refractivity contribution in [3.8, 4) is 22.9 Å². The van der Waals surface area contributed by atoms with Gasteiger partial charge < -0.3 is 9.47 Å². The van der Waals surface area contributed by atoms with Crippen molar-refractivity contribution in [3.63, 3.8) is 0 Å². The highest BCUT2D eigenvalue weighted by atomic mass is 19.1. The fraction of sp³-hybridized carbons (Fsp3) is 0.393. The molecule has 0 unspecified atom stereocenters. The monoisotopic (exact) mass is 464 g/mol. The lowest BCUT2D eigenvalue weighted by molar-refractivity contribution is 0.0730. The smallest absolute Gasteiger partial charge is 0.346 e. The largest absolute Gasteiger partial charge is 0.493 e. The Morgan fingerprint density at radius 2 is 1.53 bits per heavy atom. The Labute approximate surface area is 201 Å². The van der Waals surface area contributed by atoms with Gasteiger partial charge in [-0.25, -0.2) is 19.2 Å². The van der Waals surface area contributed by atoms with Crippen LogP contribution in [-0.4, -0.2) is 22.5 Å². The lowest BCUT2D eigenvalue weighted by Gasteiger charge is -2.09. The summed E-state index contributed by atoms with van der Waals surface area (Å²) in [5.41, 5.74) is 1.81. The van der Waals surface area contributed by atoms with Crippen LogP contribution in [-0.2, 0) is 6.42 Å². The van der Waals surface area contributed by atoms with E-state index in [-0.39, 0.29) is 5.56 Å². The molecule has 0 aliphatic rings. The van der Waals surface area contributed by atoms with Crippen LogP contribution in [0.25, 0.3) is 11.4 Å². The molecule has 3 aromatic rings. The molecule has 1 aromatic heterocycles. The normalized spacial score (nSPS) is 10.8. The highest BCUT2D eigenvalue weighted by Crippen LogP contribution is 2.22. The Balaban J connectivity index is 1.54. The Kier molecular flexibility index (Phi) is 10.0. The van der Waals surface area contributed by atoms with Crippen molar-refractivity contribution in [2.75, 3.05) is 6.61 Å². The number of hydrogen-bond donors (Lipinski definition) is 0. The minimum atomic E-state index is -0.759. The van der Waals surface area contributed by atoms with E-state index >= 15 is 0 Å². The lowest BCUT2D eigenvalue weighted by Crippen LogP contribution is -2.11. The van der Waals surface area contributed by atoms with Crippen molar-refractivity contribution in [1.29, 1.82) is 0 Å². The second-order valence-electron chi connectivity index (χ2n) is 8.34. The van der Waals surface area contributed by atoms with Gasteiger partial charge in [0, 0.05) is 24.0 Å². The molecule has 6 heteroatoms. The van der Waals surface area contributed by atoms with E-state index in [1.165, 1.54) is 37.8 Å².